The van der Waals surface area contributed by atoms with E-state index < -0.39 is 0 Å². The molecule has 0 aliphatic heterocycles. The Labute approximate surface area is 151 Å². The molecule has 0 bridgehead atoms. The van der Waals surface area contributed by atoms with E-state index in [4.69, 9.17) is 16.3 Å². The molecule has 5 nitrogen and oxygen atoms in total. The second-order valence-corrected chi connectivity index (χ2v) is 6.37. The molecule has 0 atom stereocenters. The van der Waals surface area contributed by atoms with Crippen molar-refractivity contribution >= 4 is 23.4 Å². The van der Waals surface area contributed by atoms with Crippen molar-refractivity contribution in [1.29, 1.82) is 0 Å². The number of rotatable bonds is 7. The third-order valence-electron chi connectivity index (χ3n) is 3.79. The summed E-state index contributed by atoms with van der Waals surface area (Å²) < 4.78 is 5.76. The van der Waals surface area contributed by atoms with Crippen molar-refractivity contribution in [2.45, 2.75) is 25.5 Å². The summed E-state index contributed by atoms with van der Waals surface area (Å²) in [6.07, 6.45) is 2.03. The van der Waals surface area contributed by atoms with E-state index >= 15 is 0 Å². The number of para-hydroxylation sites is 1. The summed E-state index contributed by atoms with van der Waals surface area (Å²) in [6.45, 7) is 0.282. The first-order valence-electron chi connectivity index (χ1n) is 8.15. The van der Waals surface area contributed by atoms with Gasteiger partial charge in [-0.3, -0.25) is 9.59 Å². The van der Waals surface area contributed by atoms with Gasteiger partial charge in [0.25, 0.3) is 5.91 Å². The minimum absolute atomic E-state index is 0.0408. The van der Waals surface area contributed by atoms with Gasteiger partial charge < -0.3 is 15.4 Å². The van der Waals surface area contributed by atoms with Crippen LogP contribution in [-0.2, 0) is 11.4 Å². The van der Waals surface area contributed by atoms with Crippen LogP contribution in [0.2, 0.25) is 5.02 Å². The number of amides is 2. The van der Waals surface area contributed by atoms with Crippen molar-refractivity contribution in [3.8, 4) is 5.75 Å². The van der Waals surface area contributed by atoms with Gasteiger partial charge >= 0.3 is 0 Å². The molecule has 25 heavy (non-hydrogen) atoms. The largest absolute Gasteiger partial charge is 0.488 e. The number of benzene rings is 2. The molecular formula is C19H19ClN2O3. The molecule has 3 rings (SSSR count). The molecule has 0 unspecified atom stereocenters. The van der Waals surface area contributed by atoms with Gasteiger partial charge in [0.2, 0.25) is 5.91 Å². The lowest BCUT2D eigenvalue weighted by molar-refractivity contribution is -0.120. The number of nitrogens with one attached hydrogen (secondary N) is 2. The van der Waals surface area contributed by atoms with Crippen LogP contribution in [0.1, 0.15) is 28.8 Å². The van der Waals surface area contributed by atoms with Crippen LogP contribution in [0.3, 0.4) is 0 Å². The molecule has 0 spiro atoms. The highest BCUT2D eigenvalue weighted by atomic mass is 35.5. The Morgan fingerprint density at radius 2 is 1.80 bits per heavy atom. The van der Waals surface area contributed by atoms with Gasteiger partial charge in [-0.1, -0.05) is 35.9 Å². The zero-order valence-corrected chi connectivity index (χ0v) is 14.4. The van der Waals surface area contributed by atoms with Gasteiger partial charge in [0.1, 0.15) is 12.4 Å². The van der Waals surface area contributed by atoms with Crippen LogP contribution in [-0.4, -0.2) is 24.4 Å². The predicted molar refractivity (Wildman–Crippen MR) is 95.7 cm³/mol. The highest BCUT2D eigenvalue weighted by Gasteiger charge is 2.23. The first-order valence-corrected chi connectivity index (χ1v) is 8.53. The van der Waals surface area contributed by atoms with Crippen molar-refractivity contribution in [3.05, 3.63) is 64.7 Å². The lowest BCUT2D eigenvalue weighted by atomic mass is 10.2. The van der Waals surface area contributed by atoms with Crippen LogP contribution < -0.4 is 15.4 Å². The Morgan fingerprint density at radius 3 is 2.52 bits per heavy atom. The number of hydrogen-bond donors (Lipinski definition) is 2. The average molecular weight is 359 g/mol. The molecule has 6 heteroatoms. The van der Waals surface area contributed by atoms with E-state index in [1.54, 1.807) is 36.4 Å². The van der Waals surface area contributed by atoms with E-state index in [2.05, 4.69) is 10.6 Å². The first-order chi connectivity index (χ1) is 12.1. The van der Waals surface area contributed by atoms with Crippen LogP contribution in [0, 0.1) is 0 Å². The third-order valence-corrected chi connectivity index (χ3v) is 4.04. The molecule has 1 saturated carbocycles. The Balaban J connectivity index is 1.58. The van der Waals surface area contributed by atoms with Crippen molar-refractivity contribution in [1.82, 2.24) is 10.6 Å². The second kappa shape index (κ2) is 8.03. The Bertz CT molecular complexity index is 758. The van der Waals surface area contributed by atoms with Crippen LogP contribution in [0.25, 0.3) is 0 Å². The summed E-state index contributed by atoms with van der Waals surface area (Å²) in [5.41, 5.74) is 1.35. The van der Waals surface area contributed by atoms with Gasteiger partial charge in [0, 0.05) is 11.1 Å². The monoisotopic (exact) mass is 358 g/mol. The topological polar surface area (TPSA) is 67.4 Å². The molecule has 2 aromatic rings. The number of ether oxygens (including phenoxy) is 1. The molecular weight excluding hydrogens is 340 g/mol. The van der Waals surface area contributed by atoms with Gasteiger partial charge in [-0.25, -0.2) is 0 Å². The Kier molecular flexibility index (Phi) is 5.56. The molecule has 0 radical (unpaired) electrons. The van der Waals surface area contributed by atoms with E-state index in [-0.39, 0.29) is 24.4 Å². The summed E-state index contributed by atoms with van der Waals surface area (Å²) in [7, 11) is 0. The average Bonchev–Trinajstić information content (AvgIpc) is 3.43. The molecule has 1 aliphatic rings. The molecule has 0 heterocycles. The SMILES string of the molecule is O=C(CNC(=O)c1ccccc1OCc1ccc(Cl)cc1)NC1CC1. The standard InChI is InChI=1S/C19H19ClN2O3/c20-14-7-5-13(6-8-14)12-25-17-4-2-1-3-16(17)19(24)21-11-18(23)22-15-9-10-15/h1-8,15H,9-12H2,(H,21,24)(H,22,23). The lowest BCUT2D eigenvalue weighted by Gasteiger charge is -2.12. The molecule has 2 amide bonds. The molecule has 130 valence electrons. The summed E-state index contributed by atoms with van der Waals surface area (Å²) in [6, 6.07) is 14.6. The highest BCUT2D eigenvalue weighted by molar-refractivity contribution is 6.30. The summed E-state index contributed by atoms with van der Waals surface area (Å²) >= 11 is 5.86. The fraction of sp³-hybridized carbons (Fsp3) is 0.263. The van der Waals surface area contributed by atoms with Crippen molar-refractivity contribution in [3.63, 3.8) is 0 Å². The Morgan fingerprint density at radius 1 is 1.08 bits per heavy atom. The van der Waals surface area contributed by atoms with Gasteiger partial charge in [0.05, 0.1) is 12.1 Å². The number of hydrogen-bond acceptors (Lipinski definition) is 3. The first kappa shape index (κ1) is 17.3. The maximum atomic E-state index is 12.3. The van der Waals surface area contributed by atoms with Crippen LogP contribution in [0.5, 0.6) is 5.75 Å². The van der Waals surface area contributed by atoms with E-state index in [0.29, 0.717) is 22.9 Å². The fourth-order valence-corrected chi connectivity index (χ4v) is 2.41. The smallest absolute Gasteiger partial charge is 0.255 e. The van der Waals surface area contributed by atoms with Gasteiger partial charge in [-0.15, -0.1) is 0 Å². The van der Waals surface area contributed by atoms with Crippen molar-refractivity contribution in [2.24, 2.45) is 0 Å². The molecule has 2 N–H and O–H groups in total. The zero-order chi connectivity index (χ0) is 17.6. The second-order valence-electron chi connectivity index (χ2n) is 5.94. The molecule has 1 fully saturated rings. The number of carbonyl (C=O) groups is 2. The quantitative estimate of drug-likeness (QED) is 0.799. The molecule has 1 aliphatic carbocycles. The van der Waals surface area contributed by atoms with Crippen LogP contribution in [0.4, 0.5) is 0 Å². The maximum Gasteiger partial charge on any atom is 0.255 e. The minimum Gasteiger partial charge on any atom is -0.488 e. The minimum atomic E-state index is -0.336. The normalized spacial score (nSPS) is 13.2. The van der Waals surface area contributed by atoms with Gasteiger partial charge in [0.15, 0.2) is 0 Å². The summed E-state index contributed by atoms with van der Waals surface area (Å²) in [5.74, 6) is -0.0365. The molecule has 0 saturated heterocycles. The summed E-state index contributed by atoms with van der Waals surface area (Å²) in [5, 5.41) is 6.12. The van der Waals surface area contributed by atoms with E-state index in [0.717, 1.165) is 18.4 Å². The van der Waals surface area contributed by atoms with Crippen molar-refractivity contribution in [2.75, 3.05) is 6.54 Å². The molecule has 0 aromatic heterocycles. The van der Waals surface area contributed by atoms with Crippen molar-refractivity contribution < 1.29 is 14.3 Å². The predicted octanol–water partition coefficient (Wildman–Crippen LogP) is 2.93. The number of halogens is 1. The van der Waals surface area contributed by atoms with Crippen LogP contribution in [0.15, 0.2) is 48.5 Å². The van der Waals surface area contributed by atoms with E-state index in [1.807, 2.05) is 12.1 Å². The summed E-state index contributed by atoms with van der Waals surface area (Å²) in [4.78, 5) is 24.0. The zero-order valence-electron chi connectivity index (χ0n) is 13.6. The highest BCUT2D eigenvalue weighted by Crippen LogP contribution is 2.20. The van der Waals surface area contributed by atoms with Gasteiger partial charge in [-0.05, 0) is 42.7 Å². The van der Waals surface area contributed by atoms with E-state index in [9.17, 15) is 9.59 Å². The lowest BCUT2D eigenvalue weighted by Crippen LogP contribution is -2.37. The van der Waals surface area contributed by atoms with Crippen LogP contribution >= 0.6 is 11.6 Å². The molecule has 2 aromatic carbocycles. The van der Waals surface area contributed by atoms with E-state index in [1.165, 1.54) is 0 Å². The fourth-order valence-electron chi connectivity index (χ4n) is 2.28. The maximum absolute atomic E-state index is 12.3. The third kappa shape index (κ3) is 5.22. The van der Waals surface area contributed by atoms with Gasteiger partial charge in [-0.2, -0.15) is 0 Å². The Hall–Kier alpha value is -2.53. The number of carbonyl (C=O) groups excluding carboxylic acids is 2.